The smallest absolute Gasteiger partial charge is 0.268 e. The highest BCUT2D eigenvalue weighted by Crippen LogP contribution is 2.35. The van der Waals surface area contributed by atoms with Crippen LogP contribution in [0.3, 0.4) is 0 Å². The molecule has 0 spiro atoms. The van der Waals surface area contributed by atoms with Crippen LogP contribution in [-0.4, -0.2) is 30.6 Å². The Hall–Kier alpha value is -3.02. The van der Waals surface area contributed by atoms with Crippen molar-refractivity contribution in [3.05, 3.63) is 48.5 Å². The van der Waals surface area contributed by atoms with E-state index in [4.69, 9.17) is 9.47 Å². The molecule has 26 heavy (non-hydrogen) atoms. The highest BCUT2D eigenvalue weighted by Gasteiger charge is 2.36. The molecule has 2 unspecified atom stereocenters. The fourth-order valence-electron chi connectivity index (χ4n) is 2.88. The van der Waals surface area contributed by atoms with Crippen molar-refractivity contribution in [2.75, 3.05) is 16.8 Å². The zero-order valence-corrected chi connectivity index (χ0v) is 15.1. The van der Waals surface area contributed by atoms with Gasteiger partial charge in [-0.25, -0.2) is 0 Å². The van der Waals surface area contributed by atoms with Gasteiger partial charge in [0.25, 0.3) is 5.91 Å². The maximum Gasteiger partial charge on any atom is 0.268 e. The molecule has 6 nitrogen and oxygen atoms in total. The van der Waals surface area contributed by atoms with Crippen molar-refractivity contribution >= 4 is 23.2 Å². The van der Waals surface area contributed by atoms with Gasteiger partial charge in [0.1, 0.15) is 17.5 Å². The van der Waals surface area contributed by atoms with Crippen molar-refractivity contribution in [3.63, 3.8) is 0 Å². The van der Waals surface area contributed by atoms with Gasteiger partial charge in [0, 0.05) is 5.69 Å². The Labute approximate surface area is 152 Å². The molecule has 2 amide bonds. The van der Waals surface area contributed by atoms with Crippen molar-refractivity contribution in [3.8, 4) is 11.5 Å². The van der Waals surface area contributed by atoms with Gasteiger partial charge in [-0.1, -0.05) is 12.1 Å². The molecule has 0 bridgehead atoms. The van der Waals surface area contributed by atoms with Crippen LogP contribution in [0.5, 0.6) is 11.5 Å². The van der Waals surface area contributed by atoms with Crippen molar-refractivity contribution < 1.29 is 19.1 Å². The highest BCUT2D eigenvalue weighted by molar-refractivity contribution is 6.07. The fourth-order valence-corrected chi connectivity index (χ4v) is 2.88. The standard InChI is InChI=1S/C20H22N2O4/c1-4-25-16-11-9-15(10-12-16)21-19(23)13(2)22-17-7-5-6-8-18(17)26-14(3)20(22)24/h5-14H,4H2,1-3H3,(H,21,23). The van der Waals surface area contributed by atoms with E-state index in [2.05, 4.69) is 5.32 Å². The number of benzene rings is 2. The summed E-state index contributed by atoms with van der Waals surface area (Å²) in [6.45, 7) is 5.88. The van der Waals surface area contributed by atoms with E-state index in [1.165, 1.54) is 4.90 Å². The lowest BCUT2D eigenvalue weighted by Gasteiger charge is -2.36. The molecule has 0 aromatic heterocycles. The quantitative estimate of drug-likeness (QED) is 0.895. The summed E-state index contributed by atoms with van der Waals surface area (Å²) in [4.78, 5) is 26.8. The van der Waals surface area contributed by atoms with E-state index >= 15 is 0 Å². The Balaban J connectivity index is 1.78. The minimum atomic E-state index is -0.679. The second-order valence-electron chi connectivity index (χ2n) is 6.06. The number of para-hydroxylation sites is 2. The predicted molar refractivity (Wildman–Crippen MR) is 99.7 cm³/mol. The molecular weight excluding hydrogens is 332 g/mol. The lowest BCUT2D eigenvalue weighted by atomic mass is 10.1. The molecule has 1 heterocycles. The van der Waals surface area contributed by atoms with Crippen LogP contribution in [0.15, 0.2) is 48.5 Å². The van der Waals surface area contributed by atoms with Crippen LogP contribution in [0.1, 0.15) is 20.8 Å². The molecule has 0 saturated heterocycles. The summed E-state index contributed by atoms with van der Waals surface area (Å²) in [5.41, 5.74) is 1.25. The van der Waals surface area contributed by atoms with Gasteiger partial charge in [-0.2, -0.15) is 0 Å². The first-order valence-corrected chi connectivity index (χ1v) is 8.63. The van der Waals surface area contributed by atoms with E-state index < -0.39 is 12.1 Å². The van der Waals surface area contributed by atoms with Gasteiger partial charge in [0.05, 0.1) is 12.3 Å². The van der Waals surface area contributed by atoms with Crippen molar-refractivity contribution in [2.24, 2.45) is 0 Å². The number of hydrogen-bond acceptors (Lipinski definition) is 4. The first kappa shape index (κ1) is 17.8. The summed E-state index contributed by atoms with van der Waals surface area (Å²) in [7, 11) is 0. The third-order valence-corrected chi connectivity index (χ3v) is 4.21. The van der Waals surface area contributed by atoms with Gasteiger partial charge in [0.15, 0.2) is 6.10 Å². The lowest BCUT2D eigenvalue weighted by molar-refractivity contribution is -0.128. The average Bonchev–Trinajstić information content (AvgIpc) is 2.64. The van der Waals surface area contributed by atoms with Crippen LogP contribution in [0, 0.1) is 0 Å². The van der Waals surface area contributed by atoms with Crippen molar-refractivity contribution in [1.82, 2.24) is 0 Å². The first-order chi connectivity index (χ1) is 12.5. The minimum Gasteiger partial charge on any atom is -0.494 e. The number of nitrogens with zero attached hydrogens (tertiary/aromatic N) is 1. The van der Waals surface area contributed by atoms with Gasteiger partial charge in [-0.3, -0.25) is 14.5 Å². The molecule has 2 atom stereocenters. The molecule has 0 fully saturated rings. The predicted octanol–water partition coefficient (Wildman–Crippen LogP) is 3.23. The van der Waals surface area contributed by atoms with Crippen LogP contribution in [0.2, 0.25) is 0 Å². The Kier molecular flexibility index (Phi) is 5.11. The van der Waals surface area contributed by atoms with Crippen LogP contribution < -0.4 is 19.7 Å². The maximum absolute atomic E-state index is 12.7. The second kappa shape index (κ2) is 7.47. The molecule has 3 rings (SSSR count). The van der Waals surface area contributed by atoms with Gasteiger partial charge < -0.3 is 14.8 Å². The fraction of sp³-hybridized carbons (Fsp3) is 0.300. The summed E-state index contributed by atoms with van der Waals surface area (Å²) in [6, 6.07) is 13.7. The summed E-state index contributed by atoms with van der Waals surface area (Å²) in [5, 5.41) is 2.85. The summed E-state index contributed by atoms with van der Waals surface area (Å²) >= 11 is 0. The number of fused-ring (bicyclic) bond motifs is 1. The van der Waals surface area contributed by atoms with E-state index in [1.54, 1.807) is 50.2 Å². The normalized spacial score (nSPS) is 17.1. The van der Waals surface area contributed by atoms with E-state index in [0.717, 1.165) is 5.75 Å². The number of amides is 2. The lowest BCUT2D eigenvalue weighted by Crippen LogP contribution is -2.52. The Morgan fingerprint density at radius 1 is 1.23 bits per heavy atom. The first-order valence-electron chi connectivity index (χ1n) is 8.63. The molecular formula is C20H22N2O4. The zero-order valence-electron chi connectivity index (χ0n) is 15.1. The molecule has 0 radical (unpaired) electrons. The SMILES string of the molecule is CCOc1ccc(NC(=O)C(C)N2C(=O)C(C)Oc3ccccc32)cc1. The van der Waals surface area contributed by atoms with Crippen molar-refractivity contribution in [1.29, 1.82) is 0 Å². The van der Waals surface area contributed by atoms with E-state index in [0.29, 0.717) is 23.7 Å². The Morgan fingerprint density at radius 2 is 1.92 bits per heavy atom. The van der Waals surface area contributed by atoms with Gasteiger partial charge in [-0.05, 0) is 57.2 Å². The van der Waals surface area contributed by atoms with Crippen LogP contribution in [0.4, 0.5) is 11.4 Å². The number of ether oxygens (including phenoxy) is 2. The molecule has 2 aromatic carbocycles. The number of carbonyl (C=O) groups is 2. The summed E-state index contributed by atoms with van der Waals surface area (Å²) < 4.78 is 11.0. The number of hydrogen-bond donors (Lipinski definition) is 1. The molecule has 1 aliphatic heterocycles. The van der Waals surface area contributed by atoms with E-state index in [9.17, 15) is 9.59 Å². The van der Waals surface area contributed by atoms with Crippen LogP contribution in [0.25, 0.3) is 0 Å². The maximum atomic E-state index is 12.7. The highest BCUT2D eigenvalue weighted by atomic mass is 16.5. The molecule has 136 valence electrons. The van der Waals surface area contributed by atoms with E-state index in [-0.39, 0.29) is 11.8 Å². The molecule has 0 aliphatic carbocycles. The monoisotopic (exact) mass is 354 g/mol. The zero-order chi connectivity index (χ0) is 18.7. The van der Waals surface area contributed by atoms with Crippen molar-refractivity contribution in [2.45, 2.75) is 32.9 Å². The van der Waals surface area contributed by atoms with Crippen LogP contribution >= 0.6 is 0 Å². The summed E-state index contributed by atoms with van der Waals surface area (Å²) in [5.74, 6) is 0.828. The van der Waals surface area contributed by atoms with Gasteiger partial charge >= 0.3 is 0 Å². The third-order valence-electron chi connectivity index (χ3n) is 4.21. The number of rotatable bonds is 5. The Morgan fingerprint density at radius 3 is 2.62 bits per heavy atom. The Bertz CT molecular complexity index is 804. The number of carbonyl (C=O) groups excluding carboxylic acids is 2. The topological polar surface area (TPSA) is 67.9 Å². The molecule has 1 N–H and O–H groups in total. The largest absolute Gasteiger partial charge is 0.494 e. The molecule has 2 aromatic rings. The molecule has 0 saturated carbocycles. The second-order valence-corrected chi connectivity index (χ2v) is 6.06. The van der Waals surface area contributed by atoms with Crippen LogP contribution in [-0.2, 0) is 9.59 Å². The van der Waals surface area contributed by atoms with E-state index in [1.807, 2.05) is 19.1 Å². The van der Waals surface area contributed by atoms with Gasteiger partial charge in [-0.15, -0.1) is 0 Å². The average molecular weight is 354 g/mol. The summed E-state index contributed by atoms with van der Waals surface area (Å²) in [6.07, 6.45) is -0.634. The number of anilines is 2. The third kappa shape index (κ3) is 3.49. The minimum absolute atomic E-state index is 0.238. The molecule has 1 aliphatic rings. The van der Waals surface area contributed by atoms with Gasteiger partial charge in [0.2, 0.25) is 5.91 Å². The number of nitrogens with one attached hydrogen (secondary N) is 1. The molecule has 6 heteroatoms.